The van der Waals surface area contributed by atoms with Gasteiger partial charge in [-0.15, -0.1) is 0 Å². The summed E-state index contributed by atoms with van der Waals surface area (Å²) < 4.78 is 17.2. The number of hydrogen-bond acceptors (Lipinski definition) is 3. The van der Waals surface area contributed by atoms with Gasteiger partial charge in [-0.25, -0.2) is 4.39 Å². The van der Waals surface area contributed by atoms with Crippen LogP contribution < -0.4 is 5.73 Å². The zero-order valence-electron chi connectivity index (χ0n) is 9.99. The number of esters is 1. The van der Waals surface area contributed by atoms with Crippen molar-refractivity contribution in [3.05, 3.63) is 35.6 Å². The van der Waals surface area contributed by atoms with Crippen molar-refractivity contribution in [3.8, 4) is 0 Å². The summed E-state index contributed by atoms with van der Waals surface area (Å²) in [5.74, 6) is -0.452. The molecule has 1 rings (SSSR count). The van der Waals surface area contributed by atoms with Crippen molar-refractivity contribution in [3.63, 3.8) is 0 Å². The smallest absolute Gasteiger partial charge is 0.305 e. The van der Waals surface area contributed by atoms with Crippen molar-refractivity contribution in [2.45, 2.75) is 31.7 Å². The molecular weight excluding hydrogens is 221 g/mol. The van der Waals surface area contributed by atoms with E-state index in [1.165, 1.54) is 19.2 Å². The summed E-state index contributed by atoms with van der Waals surface area (Å²) >= 11 is 0. The number of carbonyl (C=O) groups is 1. The normalized spacial score (nSPS) is 12.2. The molecule has 94 valence electrons. The van der Waals surface area contributed by atoms with Crippen LogP contribution in [0.15, 0.2) is 24.3 Å². The number of unbranched alkanes of at least 4 members (excludes halogenated alkanes) is 1. The SMILES string of the molecule is COC(=O)CCCCC(N)c1ccc(F)cc1. The molecule has 1 aromatic carbocycles. The summed E-state index contributed by atoms with van der Waals surface area (Å²) in [7, 11) is 1.38. The molecule has 3 nitrogen and oxygen atoms in total. The molecule has 0 saturated heterocycles. The lowest BCUT2D eigenvalue weighted by atomic mass is 10.0. The van der Waals surface area contributed by atoms with Crippen molar-refractivity contribution >= 4 is 5.97 Å². The van der Waals surface area contributed by atoms with E-state index in [9.17, 15) is 9.18 Å². The van der Waals surface area contributed by atoms with Crippen LogP contribution in [0.3, 0.4) is 0 Å². The Labute approximate surface area is 101 Å². The Balaban J connectivity index is 2.27. The van der Waals surface area contributed by atoms with E-state index in [2.05, 4.69) is 4.74 Å². The van der Waals surface area contributed by atoms with Crippen LogP contribution in [0.5, 0.6) is 0 Å². The second-order valence-corrected chi connectivity index (χ2v) is 3.98. The molecule has 1 aromatic rings. The Morgan fingerprint density at radius 2 is 2.00 bits per heavy atom. The van der Waals surface area contributed by atoms with Gasteiger partial charge >= 0.3 is 5.97 Å². The van der Waals surface area contributed by atoms with Gasteiger partial charge in [0, 0.05) is 12.5 Å². The Morgan fingerprint density at radius 1 is 1.35 bits per heavy atom. The molecule has 0 aromatic heterocycles. The Hall–Kier alpha value is -1.42. The topological polar surface area (TPSA) is 52.3 Å². The molecule has 0 radical (unpaired) electrons. The molecule has 0 spiro atoms. The standard InChI is InChI=1S/C13H18FNO2/c1-17-13(16)5-3-2-4-12(15)10-6-8-11(14)9-7-10/h6-9,12H,2-5,15H2,1H3. The van der Waals surface area contributed by atoms with Crippen LogP contribution in [-0.4, -0.2) is 13.1 Å². The number of ether oxygens (including phenoxy) is 1. The summed E-state index contributed by atoms with van der Waals surface area (Å²) in [4.78, 5) is 10.9. The molecule has 2 N–H and O–H groups in total. The van der Waals surface area contributed by atoms with Gasteiger partial charge in [0.25, 0.3) is 0 Å². The molecule has 0 aliphatic carbocycles. The highest BCUT2D eigenvalue weighted by molar-refractivity contribution is 5.68. The molecule has 17 heavy (non-hydrogen) atoms. The fourth-order valence-corrected chi connectivity index (χ4v) is 1.61. The zero-order chi connectivity index (χ0) is 12.7. The number of halogens is 1. The first kappa shape index (κ1) is 13.6. The van der Waals surface area contributed by atoms with Crippen LogP contribution in [0, 0.1) is 5.82 Å². The highest BCUT2D eigenvalue weighted by Crippen LogP contribution is 2.17. The van der Waals surface area contributed by atoms with E-state index < -0.39 is 0 Å². The average Bonchev–Trinajstić information content (AvgIpc) is 2.34. The number of carbonyl (C=O) groups excluding carboxylic acids is 1. The largest absolute Gasteiger partial charge is 0.469 e. The number of rotatable bonds is 6. The molecule has 0 heterocycles. The number of nitrogens with two attached hydrogens (primary N) is 1. The van der Waals surface area contributed by atoms with Gasteiger partial charge in [0.15, 0.2) is 0 Å². The molecule has 1 unspecified atom stereocenters. The monoisotopic (exact) mass is 239 g/mol. The molecular formula is C13H18FNO2. The predicted molar refractivity (Wildman–Crippen MR) is 63.8 cm³/mol. The summed E-state index contributed by atoms with van der Waals surface area (Å²) in [5.41, 5.74) is 6.88. The van der Waals surface area contributed by atoms with Crippen LogP contribution >= 0.6 is 0 Å². The molecule has 0 bridgehead atoms. The summed E-state index contributed by atoms with van der Waals surface area (Å²) in [6.45, 7) is 0. The second-order valence-electron chi connectivity index (χ2n) is 3.98. The van der Waals surface area contributed by atoms with Gasteiger partial charge in [-0.1, -0.05) is 18.6 Å². The maximum Gasteiger partial charge on any atom is 0.305 e. The zero-order valence-corrected chi connectivity index (χ0v) is 9.99. The van der Waals surface area contributed by atoms with Crippen LogP contribution in [0.25, 0.3) is 0 Å². The van der Waals surface area contributed by atoms with E-state index in [1.54, 1.807) is 12.1 Å². The molecule has 1 atom stereocenters. The van der Waals surface area contributed by atoms with Crippen LogP contribution in [0.1, 0.15) is 37.3 Å². The first-order chi connectivity index (χ1) is 8.13. The van der Waals surface area contributed by atoms with E-state index in [4.69, 9.17) is 5.73 Å². The molecule has 0 fully saturated rings. The minimum atomic E-state index is -0.258. The number of benzene rings is 1. The minimum absolute atomic E-state index is 0.103. The minimum Gasteiger partial charge on any atom is -0.469 e. The Kier molecular flexibility index (Phi) is 5.63. The third-order valence-electron chi connectivity index (χ3n) is 2.67. The maximum atomic E-state index is 12.7. The number of hydrogen-bond donors (Lipinski definition) is 1. The van der Waals surface area contributed by atoms with Gasteiger partial charge < -0.3 is 10.5 Å². The van der Waals surface area contributed by atoms with Gasteiger partial charge in [0.1, 0.15) is 5.82 Å². The predicted octanol–water partition coefficient (Wildman–Crippen LogP) is 2.56. The van der Waals surface area contributed by atoms with Crippen LogP contribution in [-0.2, 0) is 9.53 Å². The summed E-state index contributed by atoms with van der Waals surface area (Å²) in [6.07, 6.45) is 2.82. The third kappa shape index (κ3) is 4.95. The van der Waals surface area contributed by atoms with Crippen molar-refractivity contribution in [1.82, 2.24) is 0 Å². The van der Waals surface area contributed by atoms with Crippen molar-refractivity contribution in [2.24, 2.45) is 5.73 Å². The van der Waals surface area contributed by atoms with E-state index in [-0.39, 0.29) is 17.8 Å². The fraction of sp³-hybridized carbons (Fsp3) is 0.462. The van der Waals surface area contributed by atoms with Gasteiger partial charge in [0.05, 0.1) is 7.11 Å². The lowest BCUT2D eigenvalue weighted by molar-refractivity contribution is -0.140. The summed E-state index contributed by atoms with van der Waals surface area (Å²) in [5, 5.41) is 0. The second kappa shape index (κ2) is 7.01. The fourth-order valence-electron chi connectivity index (χ4n) is 1.61. The van der Waals surface area contributed by atoms with Crippen molar-refractivity contribution < 1.29 is 13.9 Å². The first-order valence-corrected chi connectivity index (χ1v) is 5.71. The molecule has 0 amide bonds. The Bertz CT molecular complexity index is 351. The lowest BCUT2D eigenvalue weighted by Gasteiger charge is -2.11. The van der Waals surface area contributed by atoms with Crippen molar-refractivity contribution in [1.29, 1.82) is 0 Å². The van der Waals surface area contributed by atoms with E-state index >= 15 is 0 Å². The van der Waals surface area contributed by atoms with E-state index in [0.29, 0.717) is 6.42 Å². The number of methoxy groups -OCH3 is 1. The molecule has 0 aliphatic heterocycles. The highest BCUT2D eigenvalue weighted by atomic mass is 19.1. The van der Waals surface area contributed by atoms with Gasteiger partial charge in [-0.2, -0.15) is 0 Å². The van der Waals surface area contributed by atoms with Crippen molar-refractivity contribution in [2.75, 3.05) is 7.11 Å². The van der Waals surface area contributed by atoms with Crippen LogP contribution in [0.4, 0.5) is 4.39 Å². The van der Waals surface area contributed by atoms with Gasteiger partial charge in [0.2, 0.25) is 0 Å². The van der Waals surface area contributed by atoms with Gasteiger partial charge in [-0.05, 0) is 30.5 Å². The van der Waals surface area contributed by atoms with Crippen LogP contribution in [0.2, 0.25) is 0 Å². The molecule has 0 saturated carbocycles. The lowest BCUT2D eigenvalue weighted by Crippen LogP contribution is -2.10. The summed E-state index contributed by atoms with van der Waals surface area (Å²) in [6, 6.07) is 6.10. The molecule has 0 aliphatic rings. The third-order valence-corrected chi connectivity index (χ3v) is 2.67. The molecule has 4 heteroatoms. The van der Waals surface area contributed by atoms with E-state index in [1.807, 2.05) is 0 Å². The maximum absolute atomic E-state index is 12.7. The quantitative estimate of drug-likeness (QED) is 0.613. The Morgan fingerprint density at radius 3 is 2.59 bits per heavy atom. The average molecular weight is 239 g/mol. The highest BCUT2D eigenvalue weighted by Gasteiger charge is 2.06. The first-order valence-electron chi connectivity index (χ1n) is 5.71. The van der Waals surface area contributed by atoms with Gasteiger partial charge in [-0.3, -0.25) is 4.79 Å². The van der Waals surface area contributed by atoms with E-state index in [0.717, 1.165) is 24.8 Å².